The lowest BCUT2D eigenvalue weighted by Crippen LogP contribution is -2.20. The van der Waals surface area contributed by atoms with Crippen LogP contribution in [0.2, 0.25) is 0 Å². The molecule has 136 valence electrons. The number of aromatic hydroxyl groups is 1. The molecule has 2 N–H and O–H groups in total. The molecule has 0 saturated heterocycles. The van der Waals surface area contributed by atoms with E-state index in [1.165, 1.54) is 12.1 Å². The van der Waals surface area contributed by atoms with Crippen molar-refractivity contribution in [3.8, 4) is 5.75 Å². The zero-order valence-corrected chi connectivity index (χ0v) is 15.3. The highest BCUT2D eigenvalue weighted by Crippen LogP contribution is 2.16. The fourth-order valence-electron chi connectivity index (χ4n) is 2.59. The maximum atomic E-state index is 12.4. The van der Waals surface area contributed by atoms with Gasteiger partial charge in [0.2, 0.25) is 0 Å². The number of nitrogens with zero attached hydrogens (tertiary/aromatic N) is 2. The first-order valence-electron chi connectivity index (χ1n) is 8.55. The molecule has 0 spiro atoms. The van der Waals surface area contributed by atoms with Gasteiger partial charge in [-0.3, -0.25) is 4.79 Å². The van der Waals surface area contributed by atoms with Crippen molar-refractivity contribution in [2.45, 2.75) is 0 Å². The average Bonchev–Trinajstić information content (AvgIpc) is 2.69. The Kier molecular flexibility index (Phi) is 5.52. The Morgan fingerprint density at radius 3 is 1.96 bits per heavy atom. The van der Waals surface area contributed by atoms with Crippen molar-refractivity contribution in [2.75, 3.05) is 19.0 Å². The van der Waals surface area contributed by atoms with E-state index in [0.717, 1.165) is 16.8 Å². The van der Waals surface area contributed by atoms with E-state index in [-0.39, 0.29) is 11.7 Å². The van der Waals surface area contributed by atoms with Crippen LogP contribution in [0.15, 0.2) is 84.0 Å². The van der Waals surface area contributed by atoms with Gasteiger partial charge in [-0.2, -0.15) is 5.10 Å². The van der Waals surface area contributed by atoms with E-state index >= 15 is 0 Å². The number of anilines is 1. The average molecular weight is 359 g/mol. The number of amides is 1. The van der Waals surface area contributed by atoms with Crippen molar-refractivity contribution < 1.29 is 9.90 Å². The summed E-state index contributed by atoms with van der Waals surface area (Å²) in [5, 5.41) is 13.7. The number of nitrogens with one attached hydrogen (secondary N) is 1. The first-order chi connectivity index (χ1) is 13.0. The van der Waals surface area contributed by atoms with E-state index in [0.29, 0.717) is 11.3 Å². The summed E-state index contributed by atoms with van der Waals surface area (Å²) in [5.74, 6) is -0.227. The predicted octanol–water partition coefficient (Wildman–Crippen LogP) is 3.64. The van der Waals surface area contributed by atoms with E-state index in [2.05, 4.69) is 10.5 Å². The number of phenols is 1. The van der Waals surface area contributed by atoms with Gasteiger partial charge in [0.15, 0.2) is 0 Å². The van der Waals surface area contributed by atoms with Gasteiger partial charge in [-0.05, 0) is 36.4 Å². The highest BCUT2D eigenvalue weighted by molar-refractivity contribution is 6.13. The molecule has 0 radical (unpaired) electrons. The SMILES string of the molecule is CN(C)c1ccc(/C(=N/NC(=O)c2ccc(O)cc2)c2ccccc2)cc1. The number of carbonyl (C=O) groups is 1. The topological polar surface area (TPSA) is 64.9 Å². The number of phenolic OH excluding ortho intramolecular Hbond substituents is 1. The fourth-order valence-corrected chi connectivity index (χ4v) is 2.59. The van der Waals surface area contributed by atoms with Crippen molar-refractivity contribution in [3.05, 3.63) is 95.6 Å². The van der Waals surface area contributed by atoms with Gasteiger partial charge in [-0.1, -0.05) is 42.5 Å². The lowest BCUT2D eigenvalue weighted by molar-refractivity contribution is 0.0955. The first kappa shape index (κ1) is 18.2. The van der Waals surface area contributed by atoms with Crippen LogP contribution in [0.5, 0.6) is 5.75 Å². The van der Waals surface area contributed by atoms with Crippen LogP contribution >= 0.6 is 0 Å². The third-order valence-corrected chi connectivity index (χ3v) is 4.10. The van der Waals surface area contributed by atoms with Crippen molar-refractivity contribution in [2.24, 2.45) is 5.10 Å². The molecule has 0 aromatic heterocycles. The van der Waals surface area contributed by atoms with Gasteiger partial charge in [-0.15, -0.1) is 0 Å². The van der Waals surface area contributed by atoms with Crippen LogP contribution in [-0.2, 0) is 0 Å². The van der Waals surface area contributed by atoms with Crippen molar-refractivity contribution in [3.63, 3.8) is 0 Å². The predicted molar refractivity (Wildman–Crippen MR) is 108 cm³/mol. The molecule has 1 amide bonds. The molecule has 0 atom stereocenters. The molecule has 3 aromatic carbocycles. The quantitative estimate of drug-likeness (QED) is 0.540. The molecule has 3 aromatic rings. The molecule has 0 saturated carbocycles. The van der Waals surface area contributed by atoms with Crippen LogP contribution in [-0.4, -0.2) is 30.8 Å². The van der Waals surface area contributed by atoms with Crippen LogP contribution in [0.1, 0.15) is 21.5 Å². The molecule has 3 rings (SSSR count). The number of hydrogen-bond donors (Lipinski definition) is 2. The van der Waals surface area contributed by atoms with Gasteiger partial charge in [0, 0.05) is 36.5 Å². The van der Waals surface area contributed by atoms with Gasteiger partial charge in [0.1, 0.15) is 5.75 Å². The van der Waals surface area contributed by atoms with Crippen molar-refractivity contribution in [1.29, 1.82) is 0 Å². The molecule has 0 aliphatic heterocycles. The van der Waals surface area contributed by atoms with Crippen LogP contribution < -0.4 is 10.3 Å². The Morgan fingerprint density at radius 2 is 1.37 bits per heavy atom. The molecule has 0 heterocycles. The zero-order valence-electron chi connectivity index (χ0n) is 15.3. The van der Waals surface area contributed by atoms with Crippen LogP contribution in [0.25, 0.3) is 0 Å². The molecule has 0 aliphatic carbocycles. The third-order valence-electron chi connectivity index (χ3n) is 4.10. The van der Waals surface area contributed by atoms with Crippen LogP contribution in [0, 0.1) is 0 Å². The Balaban J connectivity index is 1.91. The summed E-state index contributed by atoms with van der Waals surface area (Å²) in [4.78, 5) is 14.4. The number of rotatable bonds is 5. The Labute approximate surface area is 158 Å². The molecule has 0 bridgehead atoms. The summed E-state index contributed by atoms with van der Waals surface area (Å²) in [6.45, 7) is 0. The summed E-state index contributed by atoms with van der Waals surface area (Å²) in [7, 11) is 3.97. The maximum absolute atomic E-state index is 12.4. The Bertz CT molecular complexity index is 932. The summed E-state index contributed by atoms with van der Waals surface area (Å²) in [5.41, 5.74) is 6.59. The van der Waals surface area contributed by atoms with Crippen molar-refractivity contribution in [1.82, 2.24) is 5.43 Å². The second-order valence-corrected chi connectivity index (χ2v) is 6.26. The maximum Gasteiger partial charge on any atom is 0.271 e. The smallest absolute Gasteiger partial charge is 0.271 e. The van der Waals surface area contributed by atoms with Gasteiger partial charge in [-0.25, -0.2) is 5.43 Å². The van der Waals surface area contributed by atoms with E-state index in [1.54, 1.807) is 12.1 Å². The summed E-state index contributed by atoms with van der Waals surface area (Å²) >= 11 is 0. The number of hydrazone groups is 1. The standard InChI is InChI=1S/C22H21N3O2/c1-25(2)19-12-8-17(9-13-19)21(16-6-4-3-5-7-16)23-24-22(27)18-10-14-20(26)15-11-18/h3-15,26H,1-2H3,(H,24,27)/b23-21+. The largest absolute Gasteiger partial charge is 0.508 e. The monoisotopic (exact) mass is 359 g/mol. The van der Waals surface area contributed by atoms with Gasteiger partial charge in [0.05, 0.1) is 5.71 Å². The summed E-state index contributed by atoms with van der Waals surface area (Å²) in [6, 6.07) is 23.7. The normalized spacial score (nSPS) is 11.1. The summed E-state index contributed by atoms with van der Waals surface area (Å²) < 4.78 is 0. The molecular formula is C22H21N3O2. The van der Waals surface area contributed by atoms with E-state index in [1.807, 2.05) is 73.6 Å². The molecule has 5 nitrogen and oxygen atoms in total. The van der Waals surface area contributed by atoms with E-state index < -0.39 is 0 Å². The molecular weight excluding hydrogens is 338 g/mol. The van der Waals surface area contributed by atoms with Gasteiger partial charge < -0.3 is 10.0 Å². The molecule has 5 heteroatoms. The second kappa shape index (κ2) is 8.19. The van der Waals surface area contributed by atoms with Gasteiger partial charge in [0.25, 0.3) is 5.91 Å². The van der Waals surface area contributed by atoms with Crippen LogP contribution in [0.4, 0.5) is 5.69 Å². The highest BCUT2D eigenvalue weighted by atomic mass is 16.3. The minimum absolute atomic E-state index is 0.112. The Hall–Kier alpha value is -3.60. The molecule has 0 fully saturated rings. The summed E-state index contributed by atoms with van der Waals surface area (Å²) in [6.07, 6.45) is 0. The molecule has 27 heavy (non-hydrogen) atoms. The Morgan fingerprint density at radius 1 is 0.815 bits per heavy atom. The lowest BCUT2D eigenvalue weighted by atomic mass is 10.0. The first-order valence-corrected chi connectivity index (χ1v) is 8.55. The fraction of sp³-hybridized carbons (Fsp3) is 0.0909. The molecule has 0 aliphatic rings. The third kappa shape index (κ3) is 4.52. The van der Waals surface area contributed by atoms with E-state index in [9.17, 15) is 9.90 Å². The number of hydrogen-bond acceptors (Lipinski definition) is 4. The van der Waals surface area contributed by atoms with E-state index in [4.69, 9.17) is 0 Å². The number of carbonyl (C=O) groups excluding carboxylic acids is 1. The van der Waals surface area contributed by atoms with Crippen LogP contribution in [0.3, 0.4) is 0 Å². The zero-order chi connectivity index (χ0) is 19.2. The molecule has 0 unspecified atom stereocenters. The highest BCUT2D eigenvalue weighted by Gasteiger charge is 2.10. The minimum Gasteiger partial charge on any atom is -0.508 e. The van der Waals surface area contributed by atoms with Gasteiger partial charge >= 0.3 is 0 Å². The number of benzene rings is 3. The lowest BCUT2D eigenvalue weighted by Gasteiger charge is -2.14. The van der Waals surface area contributed by atoms with Crippen molar-refractivity contribution >= 4 is 17.3 Å². The second-order valence-electron chi connectivity index (χ2n) is 6.26. The minimum atomic E-state index is -0.339.